The van der Waals surface area contributed by atoms with Crippen molar-refractivity contribution >= 4 is 0 Å². The molecular weight excluding hydrogens is 172 g/mol. The van der Waals surface area contributed by atoms with Crippen LogP contribution in [0.4, 0.5) is 0 Å². The summed E-state index contributed by atoms with van der Waals surface area (Å²) in [6.45, 7) is 2.53. The highest BCUT2D eigenvalue weighted by Gasteiger charge is 2.49. The van der Waals surface area contributed by atoms with Crippen molar-refractivity contribution in [1.29, 1.82) is 0 Å². The van der Waals surface area contributed by atoms with Crippen molar-refractivity contribution < 1.29 is 4.74 Å². The van der Waals surface area contributed by atoms with Crippen LogP contribution in [0.1, 0.15) is 58.3 Å². The Labute approximate surface area is 87.2 Å². The van der Waals surface area contributed by atoms with Crippen LogP contribution >= 0.6 is 0 Å². The third kappa shape index (κ3) is 1.32. The Balaban J connectivity index is 1.74. The van der Waals surface area contributed by atoms with Gasteiger partial charge >= 0.3 is 0 Å². The largest absolute Gasteiger partial charge is 0.375 e. The highest BCUT2D eigenvalue weighted by atomic mass is 16.5. The van der Waals surface area contributed by atoms with Gasteiger partial charge in [-0.25, -0.2) is 0 Å². The van der Waals surface area contributed by atoms with E-state index in [0.29, 0.717) is 17.6 Å². The maximum absolute atomic E-state index is 6.00. The van der Waals surface area contributed by atoms with Gasteiger partial charge in [-0.05, 0) is 43.4 Å². The summed E-state index contributed by atoms with van der Waals surface area (Å²) in [5.41, 5.74) is 0.637. The fourth-order valence-electron chi connectivity index (χ4n) is 4.10. The Bertz CT molecular complexity index is 217. The second-order valence-electron chi connectivity index (χ2n) is 5.93. The molecule has 0 spiro atoms. The molecule has 2 heterocycles. The smallest absolute Gasteiger partial charge is 0.0614 e. The van der Waals surface area contributed by atoms with E-state index in [0.717, 1.165) is 5.92 Å². The summed E-state index contributed by atoms with van der Waals surface area (Å²) in [6.07, 6.45) is 12.7. The Hall–Kier alpha value is -0.0400. The second-order valence-corrected chi connectivity index (χ2v) is 5.93. The minimum atomic E-state index is 0.637. The van der Waals surface area contributed by atoms with Gasteiger partial charge in [0.1, 0.15) is 0 Å². The summed E-state index contributed by atoms with van der Waals surface area (Å²) >= 11 is 0. The first-order valence-electron chi connectivity index (χ1n) is 6.43. The van der Waals surface area contributed by atoms with Crippen molar-refractivity contribution in [1.82, 2.24) is 0 Å². The quantitative estimate of drug-likeness (QED) is 0.620. The van der Waals surface area contributed by atoms with Crippen molar-refractivity contribution in [3.63, 3.8) is 0 Å². The van der Waals surface area contributed by atoms with Crippen molar-refractivity contribution in [2.24, 2.45) is 11.3 Å². The Kier molecular flexibility index (Phi) is 2.12. The van der Waals surface area contributed by atoms with Crippen molar-refractivity contribution in [2.45, 2.75) is 70.5 Å². The fraction of sp³-hybridized carbons (Fsp3) is 1.00. The lowest BCUT2D eigenvalue weighted by atomic mass is 9.63. The van der Waals surface area contributed by atoms with E-state index in [1.165, 1.54) is 51.4 Å². The van der Waals surface area contributed by atoms with Gasteiger partial charge in [0.05, 0.1) is 12.2 Å². The van der Waals surface area contributed by atoms with Crippen LogP contribution in [0.3, 0.4) is 0 Å². The third-order valence-corrected chi connectivity index (χ3v) is 5.00. The van der Waals surface area contributed by atoms with Crippen molar-refractivity contribution in [3.05, 3.63) is 0 Å². The molecule has 1 aliphatic carbocycles. The topological polar surface area (TPSA) is 9.23 Å². The number of fused-ring (bicyclic) bond motifs is 2. The third-order valence-electron chi connectivity index (χ3n) is 5.00. The fourth-order valence-corrected chi connectivity index (χ4v) is 4.10. The molecule has 3 atom stereocenters. The summed E-state index contributed by atoms with van der Waals surface area (Å²) in [7, 11) is 0. The maximum atomic E-state index is 6.00. The van der Waals surface area contributed by atoms with E-state index in [9.17, 15) is 0 Å². The van der Waals surface area contributed by atoms with E-state index < -0.39 is 0 Å². The van der Waals surface area contributed by atoms with Gasteiger partial charge in [-0.2, -0.15) is 0 Å². The molecular formula is C13H22O. The van der Waals surface area contributed by atoms with E-state index in [-0.39, 0.29) is 0 Å². The lowest BCUT2D eigenvalue weighted by Gasteiger charge is -2.41. The second kappa shape index (κ2) is 3.23. The number of ether oxygens (including phenoxy) is 1. The van der Waals surface area contributed by atoms with Gasteiger partial charge in [-0.15, -0.1) is 0 Å². The molecule has 3 rings (SSSR count). The number of hydrogen-bond acceptors (Lipinski definition) is 1. The summed E-state index contributed by atoms with van der Waals surface area (Å²) in [5, 5.41) is 0. The van der Waals surface area contributed by atoms with Crippen LogP contribution in [-0.2, 0) is 4.74 Å². The van der Waals surface area contributed by atoms with E-state index in [1.807, 2.05) is 0 Å². The van der Waals surface area contributed by atoms with Crippen LogP contribution in [0, 0.1) is 11.3 Å². The molecule has 0 aromatic carbocycles. The molecule has 3 aliphatic rings. The zero-order chi connectivity index (χ0) is 9.60. The summed E-state index contributed by atoms with van der Waals surface area (Å²) < 4.78 is 6.00. The van der Waals surface area contributed by atoms with Crippen molar-refractivity contribution in [3.8, 4) is 0 Å². The molecule has 0 aromatic rings. The molecule has 3 unspecified atom stereocenters. The standard InChI is InChI=1S/C13H22O/c1-13(7-3-2-4-8-13)11-9-10-5-6-12(11)14-10/h10-12H,2-9H2,1H3. The van der Waals surface area contributed by atoms with Gasteiger partial charge in [0, 0.05) is 0 Å². The SMILES string of the molecule is CC1(C2CC3CCC2O3)CCCCC1. The summed E-state index contributed by atoms with van der Waals surface area (Å²) in [4.78, 5) is 0. The maximum Gasteiger partial charge on any atom is 0.0614 e. The Morgan fingerprint density at radius 2 is 1.86 bits per heavy atom. The predicted molar refractivity (Wildman–Crippen MR) is 57.2 cm³/mol. The normalized spacial score (nSPS) is 45.6. The molecule has 3 fully saturated rings. The minimum absolute atomic E-state index is 0.637. The average molecular weight is 194 g/mol. The molecule has 2 bridgehead atoms. The molecule has 2 saturated heterocycles. The minimum Gasteiger partial charge on any atom is -0.375 e. The lowest BCUT2D eigenvalue weighted by molar-refractivity contribution is 0.0385. The molecule has 14 heavy (non-hydrogen) atoms. The summed E-state index contributed by atoms with van der Waals surface area (Å²) in [5.74, 6) is 0.904. The molecule has 1 heteroatoms. The highest BCUT2D eigenvalue weighted by Crippen LogP contribution is 2.53. The zero-order valence-corrected chi connectivity index (χ0v) is 9.30. The van der Waals surface area contributed by atoms with Gasteiger partial charge in [0.2, 0.25) is 0 Å². The van der Waals surface area contributed by atoms with Gasteiger partial charge in [-0.1, -0.05) is 26.2 Å². The first-order valence-corrected chi connectivity index (χ1v) is 6.43. The van der Waals surface area contributed by atoms with Gasteiger partial charge in [0.15, 0.2) is 0 Å². The Morgan fingerprint density at radius 1 is 1.07 bits per heavy atom. The molecule has 1 nitrogen and oxygen atoms in total. The van der Waals surface area contributed by atoms with E-state index >= 15 is 0 Å². The predicted octanol–water partition coefficient (Wildman–Crippen LogP) is 3.52. The lowest BCUT2D eigenvalue weighted by Crippen LogP contribution is -2.36. The molecule has 80 valence electrons. The van der Waals surface area contributed by atoms with E-state index in [1.54, 1.807) is 0 Å². The number of rotatable bonds is 1. The first-order chi connectivity index (χ1) is 6.78. The average Bonchev–Trinajstić information content (AvgIpc) is 2.80. The van der Waals surface area contributed by atoms with E-state index in [2.05, 4.69) is 6.92 Å². The molecule has 0 amide bonds. The van der Waals surface area contributed by atoms with Crippen LogP contribution in [-0.4, -0.2) is 12.2 Å². The molecule has 1 saturated carbocycles. The molecule has 0 radical (unpaired) electrons. The van der Waals surface area contributed by atoms with Gasteiger partial charge in [-0.3, -0.25) is 0 Å². The van der Waals surface area contributed by atoms with Gasteiger partial charge < -0.3 is 4.74 Å². The van der Waals surface area contributed by atoms with Crippen molar-refractivity contribution in [2.75, 3.05) is 0 Å². The zero-order valence-electron chi connectivity index (χ0n) is 9.30. The van der Waals surface area contributed by atoms with E-state index in [4.69, 9.17) is 4.74 Å². The van der Waals surface area contributed by atoms with Crippen LogP contribution in [0.5, 0.6) is 0 Å². The first kappa shape index (κ1) is 9.21. The molecule has 2 aliphatic heterocycles. The van der Waals surface area contributed by atoms with Crippen LogP contribution < -0.4 is 0 Å². The highest BCUT2D eigenvalue weighted by molar-refractivity contribution is 4.98. The number of hydrogen-bond donors (Lipinski definition) is 0. The molecule has 0 N–H and O–H groups in total. The van der Waals surface area contributed by atoms with Gasteiger partial charge in [0.25, 0.3) is 0 Å². The molecule has 0 aromatic heterocycles. The van der Waals surface area contributed by atoms with Crippen LogP contribution in [0.2, 0.25) is 0 Å². The monoisotopic (exact) mass is 194 g/mol. The summed E-state index contributed by atoms with van der Waals surface area (Å²) in [6, 6.07) is 0. The van der Waals surface area contributed by atoms with Crippen LogP contribution in [0.25, 0.3) is 0 Å². The Morgan fingerprint density at radius 3 is 2.43 bits per heavy atom. The van der Waals surface area contributed by atoms with Crippen LogP contribution in [0.15, 0.2) is 0 Å².